The van der Waals surface area contributed by atoms with Crippen LogP contribution in [0, 0.1) is 24.2 Å². The molecule has 0 unspecified atom stereocenters. The van der Waals surface area contributed by atoms with E-state index < -0.39 is 5.54 Å². The first-order valence-corrected chi connectivity index (χ1v) is 8.75. The Labute approximate surface area is 144 Å². The molecule has 1 aliphatic rings. The minimum atomic E-state index is -0.779. The molecule has 0 bridgehead atoms. The molecule has 1 aromatic heterocycles. The van der Waals surface area contributed by atoms with Crippen LogP contribution in [0.4, 0.5) is 0 Å². The highest BCUT2D eigenvalue weighted by atomic mass is 32.2. The molecule has 1 fully saturated rings. The number of carbonyl (C=O) groups is 1. The van der Waals surface area contributed by atoms with E-state index in [1.807, 2.05) is 31.2 Å². The van der Waals surface area contributed by atoms with Crippen LogP contribution in [0.25, 0.3) is 11.5 Å². The van der Waals surface area contributed by atoms with Crippen LogP contribution in [0.3, 0.4) is 0 Å². The number of nitrogens with zero attached hydrogens (tertiary/aromatic N) is 3. The Bertz CT molecular complexity index is 794. The maximum atomic E-state index is 12.1. The van der Waals surface area contributed by atoms with Crippen LogP contribution in [0.1, 0.15) is 25.3 Å². The van der Waals surface area contributed by atoms with E-state index in [0.29, 0.717) is 11.1 Å². The zero-order valence-electron chi connectivity index (χ0n) is 13.6. The van der Waals surface area contributed by atoms with Crippen molar-refractivity contribution < 1.29 is 9.21 Å². The summed E-state index contributed by atoms with van der Waals surface area (Å²) in [6, 6.07) is 9.95. The van der Waals surface area contributed by atoms with Crippen molar-refractivity contribution >= 4 is 17.7 Å². The first-order valence-electron chi connectivity index (χ1n) is 7.76. The van der Waals surface area contributed by atoms with E-state index >= 15 is 0 Å². The van der Waals surface area contributed by atoms with Gasteiger partial charge in [-0.05, 0) is 44.2 Å². The number of thioether (sulfide) groups is 1. The van der Waals surface area contributed by atoms with Crippen LogP contribution in [0.15, 0.2) is 33.9 Å². The SMILES string of the molecule is Cc1ccccc1-c1nnc(SCC(=O)N[C@@](C)(C#N)C2CC2)o1. The molecule has 1 N–H and O–H groups in total. The fourth-order valence-electron chi connectivity index (χ4n) is 2.52. The van der Waals surface area contributed by atoms with Crippen molar-refractivity contribution in [2.75, 3.05) is 5.75 Å². The molecule has 0 radical (unpaired) electrons. The second-order valence-corrected chi connectivity index (χ2v) is 7.04. The lowest BCUT2D eigenvalue weighted by Crippen LogP contribution is -2.47. The first-order chi connectivity index (χ1) is 11.5. The van der Waals surface area contributed by atoms with Gasteiger partial charge in [0.15, 0.2) is 0 Å². The van der Waals surface area contributed by atoms with E-state index in [9.17, 15) is 10.1 Å². The molecule has 1 amide bonds. The molecule has 0 aliphatic heterocycles. The number of aryl methyl sites for hydroxylation is 1. The Hall–Kier alpha value is -2.33. The van der Waals surface area contributed by atoms with Crippen LogP contribution in [-0.4, -0.2) is 27.4 Å². The lowest BCUT2D eigenvalue weighted by Gasteiger charge is -2.22. The van der Waals surface area contributed by atoms with E-state index in [1.165, 1.54) is 11.8 Å². The molecule has 24 heavy (non-hydrogen) atoms. The summed E-state index contributed by atoms with van der Waals surface area (Å²) in [5.74, 6) is 0.634. The largest absolute Gasteiger partial charge is 0.411 e. The zero-order chi connectivity index (χ0) is 17.2. The second-order valence-electron chi connectivity index (χ2n) is 6.11. The van der Waals surface area contributed by atoms with Gasteiger partial charge in [0.05, 0.1) is 11.8 Å². The molecular formula is C17H18N4O2S. The zero-order valence-corrected chi connectivity index (χ0v) is 14.4. The second kappa shape index (κ2) is 6.65. The highest BCUT2D eigenvalue weighted by Crippen LogP contribution is 2.39. The Morgan fingerprint density at radius 3 is 2.88 bits per heavy atom. The molecule has 2 aromatic rings. The van der Waals surface area contributed by atoms with Gasteiger partial charge < -0.3 is 9.73 Å². The van der Waals surface area contributed by atoms with E-state index in [1.54, 1.807) is 6.92 Å². The molecule has 1 aliphatic carbocycles. The summed E-state index contributed by atoms with van der Waals surface area (Å²) in [6.45, 7) is 3.75. The number of aromatic nitrogens is 2. The highest BCUT2D eigenvalue weighted by Gasteiger charge is 2.42. The number of carbonyl (C=O) groups excluding carboxylic acids is 1. The van der Waals surface area contributed by atoms with Crippen molar-refractivity contribution in [2.45, 2.75) is 37.5 Å². The summed E-state index contributed by atoms with van der Waals surface area (Å²) < 4.78 is 5.61. The van der Waals surface area contributed by atoms with Gasteiger partial charge in [-0.2, -0.15) is 5.26 Å². The monoisotopic (exact) mass is 342 g/mol. The molecule has 124 valence electrons. The van der Waals surface area contributed by atoms with Gasteiger partial charge in [-0.25, -0.2) is 0 Å². The van der Waals surface area contributed by atoms with Crippen molar-refractivity contribution in [3.8, 4) is 17.5 Å². The van der Waals surface area contributed by atoms with Gasteiger partial charge in [-0.1, -0.05) is 30.0 Å². The Balaban J connectivity index is 1.59. The van der Waals surface area contributed by atoms with Crippen LogP contribution in [0.2, 0.25) is 0 Å². The average molecular weight is 342 g/mol. The van der Waals surface area contributed by atoms with Gasteiger partial charge in [0.2, 0.25) is 11.8 Å². The summed E-state index contributed by atoms with van der Waals surface area (Å²) in [7, 11) is 0. The topological polar surface area (TPSA) is 91.8 Å². The number of amides is 1. The number of hydrogen-bond acceptors (Lipinski definition) is 6. The van der Waals surface area contributed by atoms with Crippen molar-refractivity contribution in [1.82, 2.24) is 15.5 Å². The molecule has 1 saturated carbocycles. The number of benzene rings is 1. The summed E-state index contributed by atoms with van der Waals surface area (Å²) >= 11 is 1.17. The standard InChI is InChI=1S/C17H18N4O2S/c1-11-5-3-4-6-13(11)15-20-21-16(23-15)24-9-14(22)19-17(2,10-18)12-7-8-12/h3-6,12H,7-9H2,1-2H3,(H,19,22)/t17-/m0/s1. The lowest BCUT2D eigenvalue weighted by molar-refractivity contribution is -0.119. The molecule has 6 nitrogen and oxygen atoms in total. The van der Waals surface area contributed by atoms with Crippen molar-refractivity contribution in [3.63, 3.8) is 0 Å². The van der Waals surface area contributed by atoms with Crippen LogP contribution < -0.4 is 5.32 Å². The molecule has 1 aromatic carbocycles. The van der Waals surface area contributed by atoms with E-state index in [4.69, 9.17) is 4.42 Å². The molecule has 3 rings (SSSR count). The molecule has 1 atom stereocenters. The Morgan fingerprint density at radius 2 is 2.21 bits per heavy atom. The average Bonchev–Trinajstić information content (AvgIpc) is 3.33. The highest BCUT2D eigenvalue weighted by molar-refractivity contribution is 7.99. The Morgan fingerprint density at radius 1 is 1.46 bits per heavy atom. The summed E-state index contributed by atoms with van der Waals surface area (Å²) in [6.07, 6.45) is 1.97. The molecule has 0 saturated heterocycles. The quantitative estimate of drug-likeness (QED) is 0.812. The van der Waals surface area contributed by atoms with Crippen molar-refractivity contribution in [3.05, 3.63) is 29.8 Å². The fraction of sp³-hybridized carbons (Fsp3) is 0.412. The van der Waals surface area contributed by atoms with Gasteiger partial charge >= 0.3 is 0 Å². The lowest BCUT2D eigenvalue weighted by atomic mass is 9.98. The third kappa shape index (κ3) is 3.60. The molecule has 7 heteroatoms. The Kier molecular flexibility index (Phi) is 4.58. The molecule has 0 spiro atoms. The summed E-state index contributed by atoms with van der Waals surface area (Å²) in [5.41, 5.74) is 1.15. The predicted molar refractivity (Wildman–Crippen MR) is 90.1 cm³/mol. The first kappa shape index (κ1) is 16.5. The van der Waals surface area contributed by atoms with Crippen LogP contribution >= 0.6 is 11.8 Å². The van der Waals surface area contributed by atoms with E-state index in [0.717, 1.165) is 24.0 Å². The predicted octanol–water partition coefficient (Wildman–Crippen LogP) is 2.95. The minimum Gasteiger partial charge on any atom is -0.411 e. The van der Waals surface area contributed by atoms with Crippen molar-refractivity contribution in [1.29, 1.82) is 5.26 Å². The summed E-state index contributed by atoms with van der Waals surface area (Å²) in [4.78, 5) is 12.1. The van der Waals surface area contributed by atoms with E-state index in [2.05, 4.69) is 21.6 Å². The van der Waals surface area contributed by atoms with Gasteiger partial charge in [-0.15, -0.1) is 10.2 Å². The minimum absolute atomic E-state index is 0.138. The van der Waals surface area contributed by atoms with Gasteiger partial charge in [0.25, 0.3) is 5.22 Å². The summed E-state index contributed by atoms with van der Waals surface area (Å²) in [5, 5.41) is 20.4. The fourth-order valence-corrected chi connectivity index (χ4v) is 3.09. The maximum Gasteiger partial charge on any atom is 0.277 e. The number of rotatable bonds is 6. The maximum absolute atomic E-state index is 12.1. The number of hydrogen-bond donors (Lipinski definition) is 1. The van der Waals surface area contributed by atoms with Crippen LogP contribution in [0.5, 0.6) is 0 Å². The molecule has 1 heterocycles. The third-order valence-electron chi connectivity index (χ3n) is 4.13. The van der Waals surface area contributed by atoms with Gasteiger partial charge in [-0.3, -0.25) is 4.79 Å². The van der Waals surface area contributed by atoms with Crippen LogP contribution in [-0.2, 0) is 4.79 Å². The van der Waals surface area contributed by atoms with Gasteiger partial charge in [0, 0.05) is 5.56 Å². The third-order valence-corrected chi connectivity index (χ3v) is 4.95. The normalized spacial score (nSPS) is 16.2. The van der Waals surface area contributed by atoms with E-state index in [-0.39, 0.29) is 17.6 Å². The number of nitriles is 1. The molecular weight excluding hydrogens is 324 g/mol. The smallest absolute Gasteiger partial charge is 0.277 e. The number of nitrogens with one attached hydrogen (secondary N) is 1. The van der Waals surface area contributed by atoms with Gasteiger partial charge in [0.1, 0.15) is 5.54 Å². The van der Waals surface area contributed by atoms with Crippen molar-refractivity contribution in [2.24, 2.45) is 5.92 Å².